The predicted octanol–water partition coefficient (Wildman–Crippen LogP) is -1.65. The first-order valence-corrected chi connectivity index (χ1v) is 12.4. The van der Waals surface area contributed by atoms with Gasteiger partial charge in [0.15, 0.2) is 23.0 Å². The highest BCUT2D eigenvalue weighted by atomic mass is 16.7. The first-order valence-electron chi connectivity index (χ1n) is 12.4. The highest BCUT2D eigenvalue weighted by Crippen LogP contribution is 2.33. The molecule has 0 bridgehead atoms. The Morgan fingerprint density at radius 3 is 2.26 bits per heavy atom. The lowest BCUT2D eigenvalue weighted by Crippen LogP contribution is -2.60. The number of carbonyl (C=O) groups excluding carboxylic acids is 1. The van der Waals surface area contributed by atoms with Gasteiger partial charge < -0.3 is 64.9 Å². The van der Waals surface area contributed by atoms with E-state index in [1.807, 2.05) is 0 Å². The third kappa shape index (κ3) is 7.50. The molecule has 0 aromatic heterocycles. The molecule has 1 saturated heterocycles. The van der Waals surface area contributed by atoms with Crippen molar-refractivity contribution >= 4 is 24.0 Å². The number of aliphatic hydroxyl groups is 5. The zero-order valence-electron chi connectivity index (χ0n) is 22.4. The monoisotopic (exact) mass is 610 g/mol. The second-order valence-electron chi connectivity index (χ2n) is 9.44. The summed E-state index contributed by atoms with van der Waals surface area (Å²) < 4.78 is 20.9. The average Bonchev–Trinajstić information content (AvgIpc) is 2.97. The van der Waals surface area contributed by atoms with Gasteiger partial charge in [-0.05, 0) is 41.5 Å². The van der Waals surface area contributed by atoms with E-state index < -0.39 is 84.8 Å². The quantitative estimate of drug-likeness (QED) is 0.0740. The van der Waals surface area contributed by atoms with E-state index >= 15 is 0 Å². The van der Waals surface area contributed by atoms with Crippen molar-refractivity contribution in [2.45, 2.75) is 48.8 Å². The van der Waals surface area contributed by atoms with Gasteiger partial charge in [-0.3, -0.25) is 0 Å². The van der Waals surface area contributed by atoms with Crippen LogP contribution in [-0.2, 0) is 30.3 Å². The second kappa shape index (κ2) is 13.7. The molecule has 9 N–H and O–H groups in total. The fourth-order valence-electron chi connectivity index (χ4n) is 4.12. The Kier molecular flexibility index (Phi) is 10.5. The molecule has 1 aliphatic rings. The number of phenolic OH excluding ortho intramolecular Hbond substituents is 2. The Morgan fingerprint density at radius 2 is 1.67 bits per heavy atom. The number of esters is 1. The summed E-state index contributed by atoms with van der Waals surface area (Å²) in [6, 6.07) is 7.06. The molecule has 16 nitrogen and oxygen atoms in total. The van der Waals surface area contributed by atoms with E-state index in [0.29, 0.717) is 0 Å². The molecule has 3 rings (SSSR count). The molecule has 1 heterocycles. The third-order valence-electron chi connectivity index (χ3n) is 6.47. The number of rotatable bonds is 12. The van der Waals surface area contributed by atoms with Crippen LogP contribution in [0.15, 0.2) is 42.5 Å². The predicted molar refractivity (Wildman–Crippen MR) is 140 cm³/mol. The molecule has 1 aliphatic heterocycles. The van der Waals surface area contributed by atoms with Crippen molar-refractivity contribution in [3.8, 4) is 23.0 Å². The van der Waals surface area contributed by atoms with Crippen molar-refractivity contribution in [3.63, 3.8) is 0 Å². The number of methoxy groups -OCH3 is 1. The van der Waals surface area contributed by atoms with Gasteiger partial charge in [0.05, 0.1) is 13.7 Å². The summed E-state index contributed by atoms with van der Waals surface area (Å²) in [4.78, 5) is 36.2. The van der Waals surface area contributed by atoms with Crippen LogP contribution < -0.4 is 9.47 Å². The summed E-state index contributed by atoms with van der Waals surface area (Å²) >= 11 is 0. The number of carbonyl (C=O) groups is 3. The Bertz CT molecular complexity index is 1360. The van der Waals surface area contributed by atoms with E-state index in [1.165, 1.54) is 25.3 Å². The first kappa shape index (κ1) is 33.1. The van der Waals surface area contributed by atoms with Gasteiger partial charge in [0.25, 0.3) is 0 Å². The van der Waals surface area contributed by atoms with E-state index in [1.54, 1.807) is 0 Å². The largest absolute Gasteiger partial charge is 0.504 e. The van der Waals surface area contributed by atoms with Gasteiger partial charge in [-0.2, -0.15) is 0 Å². The molecule has 0 unspecified atom stereocenters. The van der Waals surface area contributed by atoms with Crippen LogP contribution in [-0.4, -0.2) is 120 Å². The van der Waals surface area contributed by atoms with Crippen LogP contribution in [0.4, 0.5) is 0 Å². The van der Waals surface area contributed by atoms with E-state index in [9.17, 15) is 60.3 Å². The van der Waals surface area contributed by atoms with Gasteiger partial charge in [-0.15, -0.1) is 0 Å². The minimum absolute atomic E-state index is 0.00992. The lowest BCUT2D eigenvalue weighted by atomic mass is 9.88. The van der Waals surface area contributed by atoms with Crippen LogP contribution in [0.2, 0.25) is 0 Å². The first-order chi connectivity index (χ1) is 20.2. The molecule has 7 atom stereocenters. The van der Waals surface area contributed by atoms with Crippen molar-refractivity contribution in [1.29, 1.82) is 0 Å². The van der Waals surface area contributed by atoms with Crippen LogP contribution in [0.5, 0.6) is 23.0 Å². The maximum atomic E-state index is 12.5. The Morgan fingerprint density at radius 1 is 0.977 bits per heavy atom. The maximum Gasteiger partial charge on any atom is 0.348 e. The van der Waals surface area contributed by atoms with Gasteiger partial charge in [-0.25, -0.2) is 14.4 Å². The molecule has 0 aliphatic carbocycles. The third-order valence-corrected chi connectivity index (χ3v) is 6.47. The fourth-order valence-corrected chi connectivity index (χ4v) is 4.12. The van der Waals surface area contributed by atoms with Crippen molar-refractivity contribution in [2.24, 2.45) is 0 Å². The Balaban J connectivity index is 1.76. The molecular formula is C27H30O16. The molecule has 1 fully saturated rings. The van der Waals surface area contributed by atoms with Gasteiger partial charge in [0, 0.05) is 12.5 Å². The SMILES string of the molecule is COc1cc(/C=C/C(=O)O[C@H](C(=O)O)[C@](O)(Cc2ccc(O)c(O)c2)C(=O)O)ccc1O[C@@H]1O[C@H](CO)[C@H](O)[C@H](O)[C@H]1O. The number of phenols is 2. The van der Waals surface area contributed by atoms with E-state index in [0.717, 1.165) is 30.4 Å². The number of carboxylic acid groups (broad SMARTS) is 2. The second-order valence-corrected chi connectivity index (χ2v) is 9.44. The molecule has 2 aromatic carbocycles. The standard InChI is InChI=1S/C27H30O16/c1-40-17-9-12(3-6-16(17)41-25-22(34)21(33)20(32)18(11-28)42-25)4-7-19(31)43-23(24(35)36)27(39,26(37)38)10-13-2-5-14(29)15(30)8-13/h2-9,18,20-23,25,28-30,32-34,39H,10-11H2,1H3,(H,35,36)(H,37,38)/b7-4+/t18-,20+,21+,22-,23-,25-,27-/m1/s1. The normalized spacial score (nSPS) is 24.1. The van der Waals surface area contributed by atoms with Gasteiger partial charge >= 0.3 is 17.9 Å². The fraction of sp³-hybridized carbons (Fsp3) is 0.370. The summed E-state index contributed by atoms with van der Waals surface area (Å²) in [5, 5.41) is 88.4. The Labute approximate surface area is 242 Å². The lowest BCUT2D eigenvalue weighted by Gasteiger charge is -2.39. The topological polar surface area (TPSA) is 270 Å². The summed E-state index contributed by atoms with van der Waals surface area (Å²) in [6.07, 6.45) is -9.32. The van der Waals surface area contributed by atoms with E-state index in [2.05, 4.69) is 0 Å². The van der Waals surface area contributed by atoms with Crippen LogP contribution in [0.3, 0.4) is 0 Å². The molecule has 0 spiro atoms. The molecule has 234 valence electrons. The van der Waals surface area contributed by atoms with Gasteiger partial charge in [0.2, 0.25) is 18.0 Å². The lowest BCUT2D eigenvalue weighted by molar-refractivity contribution is -0.277. The maximum absolute atomic E-state index is 12.5. The van der Waals surface area contributed by atoms with Crippen molar-refractivity contribution < 1.29 is 79.3 Å². The zero-order valence-corrected chi connectivity index (χ0v) is 22.4. The molecule has 43 heavy (non-hydrogen) atoms. The zero-order chi connectivity index (χ0) is 32.1. The van der Waals surface area contributed by atoms with Gasteiger partial charge in [0.1, 0.15) is 24.4 Å². The summed E-state index contributed by atoms with van der Waals surface area (Å²) in [5.74, 6) is -6.54. The number of hydrogen-bond acceptors (Lipinski definition) is 14. The highest BCUT2D eigenvalue weighted by molar-refractivity contribution is 5.93. The Hall–Kier alpha value is -4.45. The summed E-state index contributed by atoms with van der Waals surface area (Å²) in [5.41, 5.74) is -3.00. The van der Waals surface area contributed by atoms with Crippen molar-refractivity contribution in [3.05, 3.63) is 53.6 Å². The number of aliphatic hydroxyl groups excluding tert-OH is 4. The summed E-state index contributed by atoms with van der Waals surface area (Å²) in [7, 11) is 1.26. The molecule has 0 saturated carbocycles. The van der Waals surface area contributed by atoms with Crippen molar-refractivity contribution in [1.82, 2.24) is 0 Å². The number of aromatic hydroxyl groups is 2. The molecule has 16 heteroatoms. The van der Waals surface area contributed by atoms with Gasteiger partial charge in [-0.1, -0.05) is 12.1 Å². The van der Waals surface area contributed by atoms with Crippen LogP contribution in [0, 0.1) is 0 Å². The molecule has 0 radical (unpaired) electrons. The average molecular weight is 611 g/mol. The molecule has 0 amide bonds. The number of ether oxygens (including phenoxy) is 4. The van der Waals surface area contributed by atoms with Crippen LogP contribution >= 0.6 is 0 Å². The highest BCUT2D eigenvalue weighted by Gasteiger charge is 2.51. The van der Waals surface area contributed by atoms with Crippen LogP contribution in [0.25, 0.3) is 6.08 Å². The number of hydrogen-bond donors (Lipinski definition) is 9. The number of benzene rings is 2. The van der Waals surface area contributed by atoms with E-state index in [-0.39, 0.29) is 22.6 Å². The molecular weight excluding hydrogens is 580 g/mol. The number of carboxylic acids is 2. The minimum atomic E-state index is -3.18. The van der Waals surface area contributed by atoms with Crippen LogP contribution in [0.1, 0.15) is 11.1 Å². The molecule has 2 aromatic rings. The van der Waals surface area contributed by atoms with Crippen molar-refractivity contribution in [2.75, 3.05) is 13.7 Å². The smallest absolute Gasteiger partial charge is 0.348 e. The summed E-state index contributed by atoms with van der Waals surface area (Å²) in [6.45, 7) is -0.672. The number of aliphatic carboxylic acids is 2. The minimum Gasteiger partial charge on any atom is -0.504 e. The van der Waals surface area contributed by atoms with E-state index in [4.69, 9.17) is 18.9 Å².